The lowest BCUT2D eigenvalue weighted by Gasteiger charge is -2.21. The van der Waals surface area contributed by atoms with Crippen molar-refractivity contribution in [2.75, 3.05) is 39.6 Å². The Morgan fingerprint density at radius 1 is 0.262 bits per heavy atom. The first kappa shape index (κ1) is 105. The summed E-state index contributed by atoms with van der Waals surface area (Å²) in [5.74, 6) is -0.424. The van der Waals surface area contributed by atoms with Gasteiger partial charge in [-0.3, -0.25) is 37.3 Å². The summed E-state index contributed by atoms with van der Waals surface area (Å²) in [6.45, 7) is 9.78. The van der Waals surface area contributed by atoms with Gasteiger partial charge in [0.2, 0.25) is 0 Å². The average Bonchev–Trinajstić information content (AvgIpc) is 0.901. The summed E-state index contributed by atoms with van der Waals surface area (Å²) in [4.78, 5) is 73.3. The number of phosphoric ester groups is 2. The Morgan fingerprint density at radius 3 is 0.664 bits per heavy atom. The van der Waals surface area contributed by atoms with Crippen LogP contribution in [0.1, 0.15) is 472 Å². The van der Waals surface area contributed by atoms with Crippen LogP contribution in [0.3, 0.4) is 0 Å². The Balaban J connectivity index is 5.25. The van der Waals surface area contributed by atoms with Crippen molar-refractivity contribution in [2.45, 2.75) is 490 Å². The second kappa shape index (κ2) is 79.3. The maximum absolute atomic E-state index is 13.2. The molecule has 0 aliphatic rings. The molecule has 0 bridgehead atoms. The molecule has 3 N–H and O–H groups in total. The molecule has 107 heavy (non-hydrogen) atoms. The van der Waals surface area contributed by atoms with Gasteiger partial charge < -0.3 is 33.8 Å². The molecular formula is C88H172O17P2. The van der Waals surface area contributed by atoms with E-state index in [-0.39, 0.29) is 25.7 Å². The van der Waals surface area contributed by atoms with Crippen LogP contribution >= 0.6 is 15.6 Å². The molecule has 0 amide bonds. The first-order chi connectivity index (χ1) is 51.9. The summed E-state index contributed by atoms with van der Waals surface area (Å²) in [5, 5.41) is 10.7. The average molecular weight is 1560 g/mol. The minimum atomic E-state index is -4.97. The molecule has 0 aromatic carbocycles. The van der Waals surface area contributed by atoms with Gasteiger partial charge in [0.05, 0.1) is 26.4 Å². The summed E-state index contributed by atoms with van der Waals surface area (Å²) >= 11 is 0. The van der Waals surface area contributed by atoms with Gasteiger partial charge in [-0.25, -0.2) is 9.13 Å². The molecule has 0 saturated heterocycles. The van der Waals surface area contributed by atoms with Crippen LogP contribution < -0.4 is 0 Å². The van der Waals surface area contributed by atoms with Crippen molar-refractivity contribution in [1.29, 1.82) is 0 Å². The quantitative estimate of drug-likeness (QED) is 0.0222. The van der Waals surface area contributed by atoms with E-state index in [0.717, 1.165) is 102 Å². The number of aliphatic hydroxyl groups is 1. The van der Waals surface area contributed by atoms with E-state index in [4.69, 9.17) is 37.0 Å². The molecule has 4 unspecified atom stereocenters. The first-order valence-corrected chi connectivity index (χ1v) is 48.6. The van der Waals surface area contributed by atoms with Crippen molar-refractivity contribution < 1.29 is 80.2 Å². The fraction of sp³-hybridized carbons (Fsp3) is 0.955. The van der Waals surface area contributed by atoms with E-state index in [1.165, 1.54) is 289 Å². The maximum atomic E-state index is 13.2. The molecule has 17 nitrogen and oxygen atoms in total. The molecule has 7 atom stereocenters. The van der Waals surface area contributed by atoms with E-state index in [9.17, 15) is 43.2 Å². The highest BCUT2D eigenvalue weighted by atomic mass is 31.2. The monoisotopic (exact) mass is 1560 g/mol. The van der Waals surface area contributed by atoms with Crippen LogP contribution in [-0.2, 0) is 65.4 Å². The summed E-state index contributed by atoms with van der Waals surface area (Å²) in [6.07, 6.45) is 72.0. The Bertz CT molecular complexity index is 2050. The number of unbranched alkanes of at least 4 members (excludes halogenated alkanes) is 55. The van der Waals surface area contributed by atoms with E-state index in [1.807, 2.05) is 0 Å². The molecule has 0 aliphatic heterocycles. The van der Waals surface area contributed by atoms with Crippen LogP contribution in [0.4, 0.5) is 0 Å². The predicted octanol–water partition coefficient (Wildman–Crippen LogP) is 27.0. The topological polar surface area (TPSA) is 237 Å². The molecule has 0 heterocycles. The van der Waals surface area contributed by atoms with Crippen LogP contribution in [-0.4, -0.2) is 96.7 Å². The molecule has 0 spiro atoms. The van der Waals surface area contributed by atoms with Gasteiger partial charge in [-0.1, -0.05) is 420 Å². The van der Waals surface area contributed by atoms with Gasteiger partial charge in [0.15, 0.2) is 12.2 Å². The van der Waals surface area contributed by atoms with Gasteiger partial charge in [-0.15, -0.1) is 0 Å². The lowest BCUT2D eigenvalue weighted by Crippen LogP contribution is -2.30. The smallest absolute Gasteiger partial charge is 0.462 e. The summed E-state index contributed by atoms with van der Waals surface area (Å²) in [7, 11) is -9.93. The van der Waals surface area contributed by atoms with Crippen molar-refractivity contribution in [2.24, 2.45) is 11.8 Å². The van der Waals surface area contributed by atoms with Gasteiger partial charge >= 0.3 is 39.5 Å². The number of carbonyl (C=O) groups is 4. The van der Waals surface area contributed by atoms with Crippen LogP contribution in [0.25, 0.3) is 0 Å². The number of aliphatic hydroxyl groups excluding tert-OH is 1. The van der Waals surface area contributed by atoms with Crippen LogP contribution in [0.2, 0.25) is 0 Å². The zero-order chi connectivity index (χ0) is 78.5. The van der Waals surface area contributed by atoms with Crippen LogP contribution in [0.15, 0.2) is 0 Å². The van der Waals surface area contributed by atoms with E-state index in [0.29, 0.717) is 25.7 Å². The standard InChI is InChI=1S/C88H172O17P2/c1-7-11-13-15-17-19-21-23-24-25-29-32-36-40-47-53-59-65-71-86(91)99-76-83(104-87(92)72-66-60-54-48-41-37-33-30-27-26-28-31-35-38-44-50-56-62-68-80(5)9-3)78-102-106(94,95)100-74-82(89)75-101-107(96,97)103-79-84(77-98-85(90)70-64-58-52-46-39-34-22-20-18-16-14-12-8-2)105-88(93)73-67-61-55-49-43-42-45-51-57-63-69-81(6)10-4/h80-84,89H,7-79H2,1-6H3,(H,94,95)(H,96,97)/t80?,81?,82-,83-,84-/m1/s1. The summed E-state index contributed by atoms with van der Waals surface area (Å²) in [6, 6.07) is 0. The highest BCUT2D eigenvalue weighted by Gasteiger charge is 2.31. The number of hydrogen-bond acceptors (Lipinski definition) is 15. The molecule has 0 radical (unpaired) electrons. The van der Waals surface area contributed by atoms with Crippen molar-refractivity contribution in [1.82, 2.24) is 0 Å². The zero-order valence-electron chi connectivity index (χ0n) is 70.5. The van der Waals surface area contributed by atoms with Crippen LogP contribution in [0, 0.1) is 11.8 Å². The number of phosphoric acid groups is 2. The number of hydrogen-bond donors (Lipinski definition) is 3. The van der Waals surface area contributed by atoms with E-state index < -0.39 is 97.5 Å². The molecule has 19 heteroatoms. The third-order valence-electron chi connectivity index (χ3n) is 21.4. The molecule has 0 fully saturated rings. The van der Waals surface area contributed by atoms with Crippen molar-refractivity contribution in [3.05, 3.63) is 0 Å². The highest BCUT2D eigenvalue weighted by molar-refractivity contribution is 7.47. The number of esters is 4. The molecule has 636 valence electrons. The molecule has 0 aliphatic carbocycles. The predicted molar refractivity (Wildman–Crippen MR) is 442 cm³/mol. The summed E-state index contributed by atoms with van der Waals surface area (Å²) < 4.78 is 69.0. The van der Waals surface area contributed by atoms with Crippen LogP contribution in [0.5, 0.6) is 0 Å². The van der Waals surface area contributed by atoms with E-state index in [1.54, 1.807) is 0 Å². The first-order valence-electron chi connectivity index (χ1n) is 45.6. The van der Waals surface area contributed by atoms with E-state index in [2.05, 4.69) is 41.5 Å². The normalized spacial score (nSPS) is 14.3. The number of rotatable bonds is 87. The van der Waals surface area contributed by atoms with Gasteiger partial charge in [0, 0.05) is 25.7 Å². The Hall–Kier alpha value is -1.94. The molecule has 0 aromatic heterocycles. The molecule has 0 saturated carbocycles. The Morgan fingerprint density at radius 2 is 0.449 bits per heavy atom. The number of carbonyl (C=O) groups excluding carboxylic acids is 4. The third kappa shape index (κ3) is 79.1. The lowest BCUT2D eigenvalue weighted by molar-refractivity contribution is -0.161. The summed E-state index contributed by atoms with van der Waals surface area (Å²) in [5.41, 5.74) is 0. The van der Waals surface area contributed by atoms with Gasteiger partial charge in [0.1, 0.15) is 19.3 Å². The largest absolute Gasteiger partial charge is 0.472 e. The number of ether oxygens (including phenoxy) is 4. The Labute approximate surface area is 658 Å². The fourth-order valence-electron chi connectivity index (χ4n) is 13.7. The fourth-order valence-corrected chi connectivity index (χ4v) is 15.3. The minimum absolute atomic E-state index is 0.107. The maximum Gasteiger partial charge on any atom is 0.472 e. The lowest BCUT2D eigenvalue weighted by atomic mass is 9.99. The Kier molecular flexibility index (Phi) is 77.9. The second-order valence-corrected chi connectivity index (χ2v) is 35.0. The highest BCUT2D eigenvalue weighted by Crippen LogP contribution is 2.45. The van der Waals surface area contributed by atoms with Gasteiger partial charge in [0.25, 0.3) is 0 Å². The molecular weight excluding hydrogens is 1390 g/mol. The zero-order valence-corrected chi connectivity index (χ0v) is 72.2. The van der Waals surface area contributed by atoms with E-state index >= 15 is 0 Å². The van der Waals surface area contributed by atoms with Gasteiger partial charge in [-0.2, -0.15) is 0 Å². The van der Waals surface area contributed by atoms with Crippen molar-refractivity contribution in [3.63, 3.8) is 0 Å². The third-order valence-corrected chi connectivity index (χ3v) is 23.3. The SMILES string of the molecule is CCCCCCCCCCCCCCCCCCCCC(=O)OC[C@H](COP(=O)(O)OC[C@@H](O)COP(=O)(O)OC[C@@H](COC(=O)CCCCCCCCCCCCCCC)OC(=O)CCCCCCCCCCCCC(C)CC)OC(=O)CCCCCCCCCCCCCCCCCCCCC(C)CC. The second-order valence-electron chi connectivity index (χ2n) is 32.1. The van der Waals surface area contributed by atoms with Crippen molar-refractivity contribution >= 4 is 39.5 Å². The molecule has 0 rings (SSSR count). The van der Waals surface area contributed by atoms with Gasteiger partial charge in [-0.05, 0) is 37.5 Å². The van der Waals surface area contributed by atoms with Crippen molar-refractivity contribution in [3.8, 4) is 0 Å². The molecule has 0 aromatic rings. The minimum Gasteiger partial charge on any atom is -0.462 e.